The van der Waals surface area contributed by atoms with Gasteiger partial charge in [-0.3, -0.25) is 5.41 Å². The fourth-order valence-corrected chi connectivity index (χ4v) is 1.32. The summed E-state index contributed by atoms with van der Waals surface area (Å²) in [4.78, 5) is 3.91. The van der Waals surface area contributed by atoms with E-state index in [1.165, 1.54) is 12.1 Å². The monoisotopic (exact) mass is 203 g/mol. The molecule has 0 saturated heterocycles. The number of nitrogens with zero attached hydrogens (tertiary/aromatic N) is 2. The molecule has 4 heteroatoms. The molecule has 15 heavy (non-hydrogen) atoms. The smallest absolute Gasteiger partial charge is 0.221 e. The Morgan fingerprint density at radius 2 is 1.87 bits per heavy atom. The SMILES string of the molecule is Cn1cc(-c2ccc(F)cc2)cnc1=N. The maximum atomic E-state index is 12.7. The molecular formula is C11H10FN3. The van der Waals surface area contributed by atoms with Gasteiger partial charge >= 0.3 is 0 Å². The van der Waals surface area contributed by atoms with Gasteiger partial charge in [0.1, 0.15) is 5.82 Å². The van der Waals surface area contributed by atoms with Crippen LogP contribution in [0.5, 0.6) is 0 Å². The molecule has 0 spiro atoms. The number of aryl methyl sites for hydroxylation is 1. The second-order valence-corrected chi connectivity index (χ2v) is 3.28. The van der Waals surface area contributed by atoms with Crippen molar-refractivity contribution in [2.45, 2.75) is 0 Å². The number of halogens is 1. The lowest BCUT2D eigenvalue weighted by Gasteiger charge is -2.03. The van der Waals surface area contributed by atoms with Crippen molar-refractivity contribution in [2.24, 2.45) is 7.05 Å². The van der Waals surface area contributed by atoms with Crippen LogP contribution in [0.2, 0.25) is 0 Å². The number of rotatable bonds is 1. The highest BCUT2D eigenvalue weighted by atomic mass is 19.1. The van der Waals surface area contributed by atoms with E-state index in [1.54, 1.807) is 36.1 Å². The van der Waals surface area contributed by atoms with Crippen molar-refractivity contribution in [2.75, 3.05) is 0 Å². The molecule has 2 rings (SSSR count). The molecule has 0 fully saturated rings. The first kappa shape index (κ1) is 9.58. The molecule has 1 heterocycles. The Hall–Kier alpha value is -1.97. The van der Waals surface area contributed by atoms with Crippen molar-refractivity contribution < 1.29 is 4.39 Å². The lowest BCUT2D eigenvalue weighted by Crippen LogP contribution is -2.18. The Bertz CT molecular complexity index is 528. The van der Waals surface area contributed by atoms with E-state index in [1.807, 2.05) is 0 Å². The maximum Gasteiger partial charge on any atom is 0.221 e. The Labute approximate surface area is 86.4 Å². The molecule has 3 nitrogen and oxygen atoms in total. The van der Waals surface area contributed by atoms with Gasteiger partial charge in [0, 0.05) is 25.0 Å². The van der Waals surface area contributed by atoms with E-state index in [-0.39, 0.29) is 11.4 Å². The summed E-state index contributed by atoms with van der Waals surface area (Å²) in [6, 6.07) is 6.19. The third-order valence-corrected chi connectivity index (χ3v) is 2.17. The quantitative estimate of drug-likeness (QED) is 0.753. The van der Waals surface area contributed by atoms with E-state index < -0.39 is 0 Å². The van der Waals surface area contributed by atoms with Gasteiger partial charge in [-0.25, -0.2) is 9.37 Å². The highest BCUT2D eigenvalue weighted by Gasteiger charge is 1.99. The molecule has 1 N–H and O–H groups in total. The van der Waals surface area contributed by atoms with Crippen LogP contribution in [-0.2, 0) is 7.05 Å². The van der Waals surface area contributed by atoms with E-state index in [2.05, 4.69) is 4.98 Å². The Balaban J connectivity index is 2.50. The minimum absolute atomic E-state index is 0.195. The van der Waals surface area contributed by atoms with Gasteiger partial charge in [0.15, 0.2) is 0 Å². The van der Waals surface area contributed by atoms with Crippen LogP contribution in [0.15, 0.2) is 36.7 Å². The third kappa shape index (κ3) is 1.93. The molecule has 76 valence electrons. The van der Waals surface area contributed by atoms with Crippen molar-refractivity contribution >= 4 is 0 Å². The molecule has 2 aromatic rings. The molecule has 1 aromatic heterocycles. The minimum Gasteiger partial charge on any atom is -0.320 e. The summed E-state index contributed by atoms with van der Waals surface area (Å²) in [6.07, 6.45) is 3.40. The fourth-order valence-electron chi connectivity index (χ4n) is 1.32. The van der Waals surface area contributed by atoms with E-state index in [9.17, 15) is 4.39 Å². The first-order chi connectivity index (χ1) is 7.16. The lowest BCUT2D eigenvalue weighted by atomic mass is 10.1. The van der Waals surface area contributed by atoms with Crippen molar-refractivity contribution in [1.29, 1.82) is 5.41 Å². The molecule has 0 unspecified atom stereocenters. The molecule has 0 aliphatic heterocycles. The number of aromatic nitrogens is 2. The summed E-state index contributed by atoms with van der Waals surface area (Å²) in [5.74, 6) is -0.256. The van der Waals surface area contributed by atoms with Crippen molar-refractivity contribution in [1.82, 2.24) is 9.55 Å². The van der Waals surface area contributed by atoms with Gasteiger partial charge in [-0.1, -0.05) is 12.1 Å². The van der Waals surface area contributed by atoms with Crippen LogP contribution in [0.25, 0.3) is 11.1 Å². The van der Waals surface area contributed by atoms with Gasteiger partial charge in [-0.05, 0) is 17.7 Å². The van der Waals surface area contributed by atoms with Crippen LogP contribution < -0.4 is 5.62 Å². The molecule has 0 saturated carbocycles. The molecule has 0 amide bonds. The molecule has 0 bridgehead atoms. The zero-order valence-corrected chi connectivity index (χ0v) is 8.24. The topological polar surface area (TPSA) is 41.7 Å². The van der Waals surface area contributed by atoms with Gasteiger partial charge < -0.3 is 4.57 Å². The van der Waals surface area contributed by atoms with Gasteiger partial charge in [-0.2, -0.15) is 0 Å². The summed E-state index contributed by atoms with van der Waals surface area (Å²) >= 11 is 0. The highest BCUT2D eigenvalue weighted by Crippen LogP contribution is 2.16. The van der Waals surface area contributed by atoms with Gasteiger partial charge in [-0.15, -0.1) is 0 Å². The predicted octanol–water partition coefficient (Wildman–Crippen LogP) is 1.71. The van der Waals surface area contributed by atoms with Crippen LogP contribution >= 0.6 is 0 Å². The van der Waals surface area contributed by atoms with E-state index in [0.717, 1.165) is 11.1 Å². The first-order valence-corrected chi connectivity index (χ1v) is 4.50. The van der Waals surface area contributed by atoms with Crippen LogP contribution in [0.1, 0.15) is 0 Å². The fraction of sp³-hybridized carbons (Fsp3) is 0.0909. The number of hydrogen-bond donors (Lipinski definition) is 1. The average Bonchev–Trinajstić information content (AvgIpc) is 2.23. The Morgan fingerprint density at radius 3 is 2.47 bits per heavy atom. The lowest BCUT2D eigenvalue weighted by molar-refractivity contribution is 0.628. The molecule has 1 aromatic carbocycles. The summed E-state index contributed by atoms with van der Waals surface area (Å²) in [5, 5.41) is 7.40. The van der Waals surface area contributed by atoms with Gasteiger partial charge in [0.2, 0.25) is 5.62 Å². The molecule has 0 aliphatic carbocycles. The largest absolute Gasteiger partial charge is 0.320 e. The Morgan fingerprint density at radius 1 is 1.20 bits per heavy atom. The van der Waals surface area contributed by atoms with Crippen LogP contribution in [-0.4, -0.2) is 9.55 Å². The van der Waals surface area contributed by atoms with E-state index >= 15 is 0 Å². The molecule has 0 radical (unpaired) electrons. The predicted molar refractivity (Wildman–Crippen MR) is 54.5 cm³/mol. The number of hydrogen-bond acceptors (Lipinski definition) is 2. The van der Waals surface area contributed by atoms with Crippen LogP contribution in [0, 0.1) is 11.2 Å². The highest BCUT2D eigenvalue weighted by molar-refractivity contribution is 5.60. The minimum atomic E-state index is -0.256. The van der Waals surface area contributed by atoms with Gasteiger partial charge in [0.05, 0.1) is 0 Å². The van der Waals surface area contributed by atoms with E-state index in [4.69, 9.17) is 5.41 Å². The Kier molecular flexibility index (Phi) is 2.33. The standard InChI is InChI=1S/C11H10FN3/c1-15-7-9(6-14-11(15)13)8-2-4-10(12)5-3-8/h2-7,13H,1H3. The van der Waals surface area contributed by atoms with Gasteiger partial charge in [0.25, 0.3) is 0 Å². The average molecular weight is 203 g/mol. The van der Waals surface area contributed by atoms with Crippen molar-refractivity contribution in [3.63, 3.8) is 0 Å². The maximum absolute atomic E-state index is 12.7. The number of nitrogens with one attached hydrogen (secondary N) is 1. The first-order valence-electron chi connectivity index (χ1n) is 4.50. The summed E-state index contributed by atoms with van der Waals surface area (Å²) in [6.45, 7) is 0. The van der Waals surface area contributed by atoms with Crippen molar-refractivity contribution in [3.8, 4) is 11.1 Å². The zero-order valence-electron chi connectivity index (χ0n) is 8.24. The molecular weight excluding hydrogens is 193 g/mol. The second-order valence-electron chi connectivity index (χ2n) is 3.28. The second kappa shape index (κ2) is 3.65. The zero-order chi connectivity index (χ0) is 10.8. The van der Waals surface area contributed by atoms with Crippen LogP contribution in [0.4, 0.5) is 4.39 Å². The van der Waals surface area contributed by atoms with Crippen LogP contribution in [0.3, 0.4) is 0 Å². The molecule has 0 atom stereocenters. The third-order valence-electron chi connectivity index (χ3n) is 2.17. The van der Waals surface area contributed by atoms with Crippen molar-refractivity contribution in [3.05, 3.63) is 48.1 Å². The summed E-state index contributed by atoms with van der Waals surface area (Å²) in [5.41, 5.74) is 1.95. The molecule has 0 aliphatic rings. The summed E-state index contributed by atoms with van der Waals surface area (Å²) < 4.78 is 14.3. The summed E-state index contributed by atoms with van der Waals surface area (Å²) in [7, 11) is 1.75. The van der Waals surface area contributed by atoms with E-state index in [0.29, 0.717) is 0 Å². The number of benzene rings is 1. The normalized spacial score (nSPS) is 10.3.